The van der Waals surface area contributed by atoms with Crippen LogP contribution in [0.5, 0.6) is 11.5 Å². The highest BCUT2D eigenvalue weighted by molar-refractivity contribution is 6.30. The van der Waals surface area contributed by atoms with Crippen LogP contribution >= 0.6 is 11.6 Å². The van der Waals surface area contributed by atoms with Crippen LogP contribution in [0.1, 0.15) is 38.5 Å². The lowest BCUT2D eigenvalue weighted by atomic mass is 9.89. The van der Waals surface area contributed by atoms with Gasteiger partial charge in [-0.25, -0.2) is 0 Å². The van der Waals surface area contributed by atoms with Gasteiger partial charge in [-0.05, 0) is 60.0 Å². The number of ether oxygens (including phenoxy) is 1. The van der Waals surface area contributed by atoms with Gasteiger partial charge in [-0.2, -0.15) is 0 Å². The molecule has 5 rings (SSSR count). The van der Waals surface area contributed by atoms with E-state index < -0.39 is 0 Å². The molecule has 0 bridgehead atoms. The molecular weight excluding hydrogens is 416 g/mol. The van der Waals surface area contributed by atoms with Crippen molar-refractivity contribution >= 4 is 23.5 Å². The van der Waals surface area contributed by atoms with Gasteiger partial charge in [0.2, 0.25) is 0 Å². The molecule has 2 nitrogen and oxygen atoms in total. The topological polar surface area (TPSA) is 26.3 Å². The zero-order chi connectivity index (χ0) is 22.1. The minimum Gasteiger partial charge on any atom is -0.457 e. The van der Waals surface area contributed by atoms with E-state index in [1.807, 2.05) is 54.6 Å². The summed E-state index contributed by atoms with van der Waals surface area (Å²) in [6.07, 6.45) is 2.01. The standard InChI is InChI=1S/C29H21ClO2/c1-19-10-12-20(13-11-19)18-25-27(21-6-3-2-4-7-21)24-8-5-9-26(28(24)29(25)31)32-23-16-14-22(30)15-17-23/h2-18,27H,1H3/b25-18-. The molecule has 0 fully saturated rings. The number of ketones is 1. The predicted molar refractivity (Wildman–Crippen MR) is 130 cm³/mol. The van der Waals surface area contributed by atoms with Crippen LogP contribution in [-0.2, 0) is 0 Å². The maximum Gasteiger partial charge on any atom is 0.194 e. The fourth-order valence-corrected chi connectivity index (χ4v) is 4.31. The fraction of sp³-hybridized carbons (Fsp3) is 0.0690. The highest BCUT2D eigenvalue weighted by Gasteiger charge is 2.38. The number of aryl methyl sites for hydroxylation is 1. The quantitative estimate of drug-likeness (QED) is 0.304. The fourth-order valence-electron chi connectivity index (χ4n) is 4.18. The Bertz CT molecular complexity index is 1300. The molecule has 0 N–H and O–H groups in total. The van der Waals surface area contributed by atoms with Crippen LogP contribution in [0, 0.1) is 6.92 Å². The van der Waals surface area contributed by atoms with Gasteiger partial charge >= 0.3 is 0 Å². The monoisotopic (exact) mass is 436 g/mol. The second-order valence-corrected chi connectivity index (χ2v) is 8.40. The van der Waals surface area contributed by atoms with Crippen molar-refractivity contribution in [2.24, 2.45) is 0 Å². The molecule has 0 aliphatic heterocycles. The Kier molecular flexibility index (Phi) is 5.38. The van der Waals surface area contributed by atoms with Gasteiger partial charge in [-0.3, -0.25) is 4.79 Å². The summed E-state index contributed by atoms with van der Waals surface area (Å²) in [7, 11) is 0. The van der Waals surface area contributed by atoms with Gasteiger partial charge in [-0.1, -0.05) is 83.9 Å². The van der Waals surface area contributed by atoms with Crippen LogP contribution < -0.4 is 4.74 Å². The van der Waals surface area contributed by atoms with Gasteiger partial charge in [0.15, 0.2) is 5.78 Å². The number of allylic oxidation sites excluding steroid dienone is 1. The largest absolute Gasteiger partial charge is 0.457 e. The SMILES string of the molecule is Cc1ccc(/C=C2\C(=O)c3c(Oc4ccc(Cl)cc4)cccc3C2c2ccccc2)cc1. The van der Waals surface area contributed by atoms with E-state index in [9.17, 15) is 4.79 Å². The third-order valence-corrected chi connectivity index (χ3v) is 6.00. The summed E-state index contributed by atoms with van der Waals surface area (Å²) in [5.74, 6) is 1.05. The number of fused-ring (bicyclic) bond motifs is 1. The summed E-state index contributed by atoms with van der Waals surface area (Å²) in [5, 5.41) is 0.638. The molecule has 0 heterocycles. The lowest BCUT2D eigenvalue weighted by molar-refractivity contribution is 0.103. The first-order chi connectivity index (χ1) is 15.6. The van der Waals surface area contributed by atoms with Crippen LogP contribution in [0.15, 0.2) is 103 Å². The molecule has 3 heteroatoms. The Labute approximate surface area is 192 Å². The van der Waals surface area contributed by atoms with Gasteiger partial charge in [-0.15, -0.1) is 0 Å². The molecule has 0 aromatic heterocycles. The summed E-state index contributed by atoms with van der Waals surface area (Å²) in [6.45, 7) is 2.06. The summed E-state index contributed by atoms with van der Waals surface area (Å²) in [4.78, 5) is 13.7. The lowest BCUT2D eigenvalue weighted by Gasteiger charge is -2.14. The van der Waals surface area contributed by atoms with E-state index in [0.29, 0.717) is 22.1 Å². The van der Waals surface area contributed by atoms with Crippen molar-refractivity contribution in [1.29, 1.82) is 0 Å². The van der Waals surface area contributed by atoms with E-state index in [4.69, 9.17) is 16.3 Å². The molecule has 4 aromatic rings. The van der Waals surface area contributed by atoms with Gasteiger partial charge < -0.3 is 4.74 Å². The summed E-state index contributed by atoms with van der Waals surface area (Å²) in [5.41, 5.74) is 5.61. The first-order valence-electron chi connectivity index (χ1n) is 10.5. The molecule has 0 spiro atoms. The normalized spacial score (nSPS) is 16.2. The smallest absolute Gasteiger partial charge is 0.194 e. The molecule has 0 saturated heterocycles. The lowest BCUT2D eigenvalue weighted by Crippen LogP contribution is -2.02. The maximum atomic E-state index is 13.7. The number of hydrogen-bond donors (Lipinski definition) is 0. The third kappa shape index (κ3) is 3.86. The number of hydrogen-bond acceptors (Lipinski definition) is 2. The van der Waals surface area contributed by atoms with Crippen LogP contribution in [0.2, 0.25) is 5.02 Å². The van der Waals surface area contributed by atoms with Crippen molar-refractivity contribution in [3.05, 3.63) is 135 Å². The molecule has 1 atom stereocenters. The van der Waals surface area contributed by atoms with Crippen LogP contribution in [0.3, 0.4) is 0 Å². The first-order valence-corrected chi connectivity index (χ1v) is 10.9. The third-order valence-electron chi connectivity index (χ3n) is 5.74. The molecule has 0 radical (unpaired) electrons. The minimum atomic E-state index is -0.145. The molecule has 1 aliphatic rings. The van der Waals surface area contributed by atoms with E-state index in [1.54, 1.807) is 24.3 Å². The van der Waals surface area contributed by atoms with Crippen molar-refractivity contribution in [3.8, 4) is 11.5 Å². The van der Waals surface area contributed by atoms with E-state index in [0.717, 1.165) is 22.3 Å². The Hall–Kier alpha value is -3.62. The average Bonchev–Trinajstić information content (AvgIpc) is 3.10. The second kappa shape index (κ2) is 8.49. The zero-order valence-corrected chi connectivity index (χ0v) is 18.3. The number of benzene rings is 4. The molecule has 156 valence electrons. The molecule has 0 amide bonds. The van der Waals surface area contributed by atoms with Crippen LogP contribution in [-0.4, -0.2) is 5.78 Å². The maximum absolute atomic E-state index is 13.7. The molecule has 1 aliphatic carbocycles. The summed E-state index contributed by atoms with van der Waals surface area (Å²) in [6, 6.07) is 31.3. The van der Waals surface area contributed by atoms with Gasteiger partial charge in [0, 0.05) is 16.5 Å². The minimum absolute atomic E-state index is 0.000934. The van der Waals surface area contributed by atoms with Crippen molar-refractivity contribution in [1.82, 2.24) is 0 Å². The molecule has 4 aromatic carbocycles. The van der Waals surface area contributed by atoms with E-state index in [1.165, 1.54) is 5.56 Å². The molecule has 32 heavy (non-hydrogen) atoms. The van der Waals surface area contributed by atoms with Crippen molar-refractivity contribution in [3.63, 3.8) is 0 Å². The number of carbonyl (C=O) groups is 1. The summed E-state index contributed by atoms with van der Waals surface area (Å²) < 4.78 is 6.14. The Morgan fingerprint density at radius 1 is 0.812 bits per heavy atom. The molecule has 0 saturated carbocycles. The number of rotatable bonds is 4. The highest BCUT2D eigenvalue weighted by Crippen LogP contribution is 2.46. The van der Waals surface area contributed by atoms with Crippen LogP contribution in [0.4, 0.5) is 0 Å². The van der Waals surface area contributed by atoms with E-state index in [2.05, 4.69) is 31.2 Å². The van der Waals surface area contributed by atoms with Crippen molar-refractivity contribution in [2.45, 2.75) is 12.8 Å². The Morgan fingerprint density at radius 2 is 1.53 bits per heavy atom. The molecule has 1 unspecified atom stereocenters. The number of Topliss-reactive ketones (excluding diaryl/α,β-unsaturated/α-hetero) is 1. The predicted octanol–water partition coefficient (Wildman–Crippen LogP) is 7.85. The zero-order valence-electron chi connectivity index (χ0n) is 17.6. The first kappa shape index (κ1) is 20.3. The Morgan fingerprint density at radius 3 is 2.25 bits per heavy atom. The Balaban J connectivity index is 1.64. The second-order valence-electron chi connectivity index (χ2n) is 7.96. The van der Waals surface area contributed by atoms with Gasteiger partial charge in [0.05, 0.1) is 5.56 Å². The molecular formula is C29H21ClO2. The van der Waals surface area contributed by atoms with E-state index in [-0.39, 0.29) is 11.7 Å². The van der Waals surface area contributed by atoms with Crippen molar-refractivity contribution < 1.29 is 9.53 Å². The van der Waals surface area contributed by atoms with E-state index >= 15 is 0 Å². The van der Waals surface area contributed by atoms with Gasteiger partial charge in [0.1, 0.15) is 11.5 Å². The number of carbonyl (C=O) groups excluding carboxylic acids is 1. The average molecular weight is 437 g/mol. The highest BCUT2D eigenvalue weighted by atomic mass is 35.5. The van der Waals surface area contributed by atoms with Gasteiger partial charge in [0.25, 0.3) is 0 Å². The summed E-state index contributed by atoms with van der Waals surface area (Å²) >= 11 is 6.01. The van der Waals surface area contributed by atoms with Crippen molar-refractivity contribution in [2.75, 3.05) is 0 Å². The number of halogens is 1. The van der Waals surface area contributed by atoms with Crippen LogP contribution in [0.25, 0.3) is 6.08 Å².